The number of nitrogens with zero attached hydrogens (tertiary/aromatic N) is 5. The van der Waals surface area contributed by atoms with E-state index >= 15 is 0 Å². The lowest BCUT2D eigenvalue weighted by atomic mass is 10.3. The van der Waals surface area contributed by atoms with E-state index in [0.29, 0.717) is 36.6 Å². The fourth-order valence-corrected chi connectivity index (χ4v) is 3.96. The van der Waals surface area contributed by atoms with E-state index < -0.39 is 0 Å². The highest BCUT2D eigenvalue weighted by Crippen LogP contribution is 2.35. The maximum absolute atomic E-state index is 8.68. The van der Waals surface area contributed by atoms with Crippen molar-refractivity contribution in [3.05, 3.63) is 28.1 Å². The first kappa shape index (κ1) is 18.7. The van der Waals surface area contributed by atoms with Crippen LogP contribution in [-0.4, -0.2) is 39.7 Å². The van der Waals surface area contributed by atoms with Crippen molar-refractivity contribution < 1.29 is 4.74 Å². The van der Waals surface area contributed by atoms with E-state index in [4.69, 9.17) is 15.7 Å². The Morgan fingerprint density at radius 1 is 1.42 bits per heavy atom. The number of nitrogens with one attached hydrogen (secondary N) is 1. The highest BCUT2D eigenvalue weighted by molar-refractivity contribution is 14.1. The zero-order valence-corrected chi connectivity index (χ0v) is 16.9. The summed E-state index contributed by atoms with van der Waals surface area (Å²) >= 11 is 3.80. The predicted molar refractivity (Wildman–Crippen MR) is 108 cm³/mol. The molecule has 0 fully saturated rings. The van der Waals surface area contributed by atoms with Gasteiger partial charge in [0, 0.05) is 21.6 Å². The van der Waals surface area contributed by atoms with Crippen LogP contribution in [0.5, 0.6) is 5.75 Å². The molecular formula is C16H16IN7OS. The van der Waals surface area contributed by atoms with Crippen LogP contribution < -0.4 is 15.8 Å². The maximum atomic E-state index is 8.68. The Kier molecular flexibility index (Phi) is 6.12. The molecule has 0 aliphatic carbocycles. The number of halogens is 1. The lowest BCUT2D eigenvalue weighted by molar-refractivity contribution is 0.413. The summed E-state index contributed by atoms with van der Waals surface area (Å²) in [5, 5.41) is 12.5. The lowest BCUT2D eigenvalue weighted by Gasteiger charge is -2.10. The first-order valence-corrected chi connectivity index (χ1v) is 9.59. The van der Waals surface area contributed by atoms with Crippen molar-refractivity contribution in [3.8, 4) is 11.8 Å². The number of fused-ring (bicyclic) bond motifs is 1. The van der Waals surface area contributed by atoms with Gasteiger partial charge in [-0.15, -0.1) is 0 Å². The number of benzene rings is 1. The molecule has 0 saturated carbocycles. The standard InChI is InChI=1S/C16H16IN7OS/c1-25-10-2-3-11(17)12(8-10)26-16-23-13-14(19)21-9-22-15(13)24(16)7-6-20-5-4-18/h2-3,8-9,20H,5-7H2,1H3,(H2,19,21,22). The number of nitriles is 1. The first-order chi connectivity index (χ1) is 12.6. The SMILES string of the molecule is COc1ccc(I)c(Sc2nc3c(N)ncnc3n2CCNCC#N)c1. The molecule has 0 aliphatic heterocycles. The molecule has 3 aromatic rings. The van der Waals surface area contributed by atoms with Gasteiger partial charge in [0.2, 0.25) is 0 Å². The number of ether oxygens (including phenoxy) is 1. The average molecular weight is 481 g/mol. The number of nitrogen functional groups attached to an aromatic ring is 1. The van der Waals surface area contributed by atoms with Crippen LogP contribution >= 0.6 is 34.4 Å². The van der Waals surface area contributed by atoms with E-state index in [1.807, 2.05) is 22.8 Å². The molecule has 0 unspecified atom stereocenters. The third kappa shape index (κ3) is 4.00. The average Bonchev–Trinajstić information content (AvgIpc) is 2.99. The molecule has 8 nitrogen and oxygen atoms in total. The molecule has 3 N–H and O–H groups in total. The van der Waals surface area contributed by atoms with Gasteiger partial charge < -0.3 is 20.4 Å². The Balaban J connectivity index is 1.99. The Labute approximate surface area is 168 Å². The molecular weight excluding hydrogens is 465 g/mol. The molecule has 2 aromatic heterocycles. The van der Waals surface area contributed by atoms with E-state index in [1.165, 1.54) is 18.1 Å². The summed E-state index contributed by atoms with van der Waals surface area (Å²) in [4.78, 5) is 14.0. The van der Waals surface area contributed by atoms with Crippen LogP contribution in [0.2, 0.25) is 0 Å². The van der Waals surface area contributed by atoms with Crippen LogP contribution in [0.3, 0.4) is 0 Å². The molecule has 1 aromatic carbocycles. The molecule has 26 heavy (non-hydrogen) atoms. The van der Waals surface area contributed by atoms with Gasteiger partial charge in [0.25, 0.3) is 0 Å². The van der Waals surface area contributed by atoms with Crippen LogP contribution in [0.1, 0.15) is 0 Å². The highest BCUT2D eigenvalue weighted by atomic mass is 127. The smallest absolute Gasteiger partial charge is 0.175 e. The Hall–Kier alpha value is -2.10. The summed E-state index contributed by atoms with van der Waals surface area (Å²) in [6.07, 6.45) is 1.43. The minimum Gasteiger partial charge on any atom is -0.497 e. The summed E-state index contributed by atoms with van der Waals surface area (Å²) in [5.74, 6) is 1.13. The van der Waals surface area contributed by atoms with E-state index in [0.717, 1.165) is 19.4 Å². The summed E-state index contributed by atoms with van der Waals surface area (Å²) in [7, 11) is 1.64. The molecule has 0 spiro atoms. The van der Waals surface area contributed by atoms with Gasteiger partial charge in [-0.3, -0.25) is 0 Å². The number of hydrogen-bond donors (Lipinski definition) is 2. The van der Waals surface area contributed by atoms with Crippen molar-refractivity contribution in [1.82, 2.24) is 24.8 Å². The minimum atomic E-state index is 0.292. The monoisotopic (exact) mass is 481 g/mol. The van der Waals surface area contributed by atoms with Gasteiger partial charge in [-0.2, -0.15) is 5.26 Å². The van der Waals surface area contributed by atoms with Crippen LogP contribution in [0.4, 0.5) is 5.82 Å². The molecule has 3 rings (SSSR count). The topological polar surface area (TPSA) is 115 Å². The van der Waals surface area contributed by atoms with Crippen LogP contribution in [0, 0.1) is 14.9 Å². The van der Waals surface area contributed by atoms with Crippen molar-refractivity contribution >= 4 is 51.3 Å². The molecule has 10 heteroatoms. The second-order valence-corrected chi connectivity index (χ2v) is 7.38. The van der Waals surface area contributed by atoms with Crippen molar-refractivity contribution in [3.63, 3.8) is 0 Å². The summed E-state index contributed by atoms with van der Waals surface area (Å²) in [6, 6.07) is 7.96. The van der Waals surface area contributed by atoms with Crippen LogP contribution in [-0.2, 0) is 6.54 Å². The number of aromatic nitrogens is 4. The Bertz CT molecular complexity index is 969. The zero-order valence-electron chi connectivity index (χ0n) is 13.9. The van der Waals surface area contributed by atoms with Gasteiger partial charge >= 0.3 is 0 Å². The number of rotatable bonds is 7. The third-order valence-electron chi connectivity index (χ3n) is 3.58. The van der Waals surface area contributed by atoms with Gasteiger partial charge in [0.1, 0.15) is 12.1 Å². The van der Waals surface area contributed by atoms with Gasteiger partial charge in [0.15, 0.2) is 22.1 Å². The van der Waals surface area contributed by atoms with E-state index in [-0.39, 0.29) is 0 Å². The quantitative estimate of drug-likeness (QED) is 0.300. The second-order valence-electron chi connectivity index (χ2n) is 5.21. The van der Waals surface area contributed by atoms with Crippen molar-refractivity contribution in [2.45, 2.75) is 16.6 Å². The molecule has 0 amide bonds. The summed E-state index contributed by atoms with van der Waals surface area (Å²) in [5.41, 5.74) is 7.22. The van der Waals surface area contributed by atoms with Crippen molar-refractivity contribution in [2.75, 3.05) is 25.9 Å². The summed E-state index contributed by atoms with van der Waals surface area (Å²) < 4.78 is 8.40. The maximum Gasteiger partial charge on any atom is 0.175 e. The number of imidazole rings is 1. The highest BCUT2D eigenvalue weighted by Gasteiger charge is 2.17. The third-order valence-corrected chi connectivity index (χ3v) is 5.94. The predicted octanol–water partition coefficient (Wildman–Crippen LogP) is 2.29. The minimum absolute atomic E-state index is 0.292. The Morgan fingerprint density at radius 3 is 3.04 bits per heavy atom. The van der Waals surface area contributed by atoms with Gasteiger partial charge in [0.05, 0.1) is 19.7 Å². The molecule has 0 bridgehead atoms. The number of hydrogen-bond acceptors (Lipinski definition) is 8. The largest absolute Gasteiger partial charge is 0.497 e. The van der Waals surface area contributed by atoms with Gasteiger partial charge in [-0.25, -0.2) is 15.0 Å². The second kappa shape index (κ2) is 8.52. The normalized spacial score (nSPS) is 10.8. The summed E-state index contributed by atoms with van der Waals surface area (Å²) in [6.45, 7) is 1.52. The molecule has 0 atom stereocenters. The number of anilines is 1. The van der Waals surface area contributed by atoms with Crippen molar-refractivity contribution in [1.29, 1.82) is 5.26 Å². The molecule has 0 aliphatic rings. The zero-order chi connectivity index (χ0) is 18.5. The molecule has 134 valence electrons. The van der Waals surface area contributed by atoms with E-state index in [9.17, 15) is 0 Å². The fourth-order valence-electron chi connectivity index (χ4n) is 2.34. The van der Waals surface area contributed by atoms with Gasteiger partial charge in [-0.05, 0) is 40.8 Å². The number of methoxy groups -OCH3 is 1. The first-order valence-electron chi connectivity index (χ1n) is 7.69. The number of nitrogens with two attached hydrogens (primary N) is 1. The van der Waals surface area contributed by atoms with Crippen LogP contribution in [0.25, 0.3) is 11.2 Å². The van der Waals surface area contributed by atoms with Crippen molar-refractivity contribution in [2.24, 2.45) is 0 Å². The molecule has 0 radical (unpaired) electrons. The molecule has 2 heterocycles. The van der Waals surface area contributed by atoms with Gasteiger partial charge in [-0.1, -0.05) is 11.8 Å². The van der Waals surface area contributed by atoms with Crippen LogP contribution in [0.15, 0.2) is 34.6 Å². The lowest BCUT2D eigenvalue weighted by Crippen LogP contribution is -2.20. The fraction of sp³-hybridized carbons (Fsp3) is 0.250. The molecule has 0 saturated heterocycles. The van der Waals surface area contributed by atoms with E-state index in [1.54, 1.807) is 7.11 Å². The van der Waals surface area contributed by atoms with E-state index in [2.05, 4.69) is 48.9 Å². The Morgan fingerprint density at radius 2 is 2.27 bits per heavy atom.